The van der Waals surface area contributed by atoms with E-state index in [1.807, 2.05) is 0 Å². The molecule has 1 aliphatic carbocycles. The summed E-state index contributed by atoms with van der Waals surface area (Å²) in [6.45, 7) is 5.26. The van der Waals surface area contributed by atoms with Gasteiger partial charge in [-0.1, -0.05) is 19.3 Å². The second kappa shape index (κ2) is 7.32. The molecule has 1 N–H and O–H groups in total. The van der Waals surface area contributed by atoms with Gasteiger partial charge in [-0.3, -0.25) is 4.79 Å². The quantitative estimate of drug-likeness (QED) is 0.805. The summed E-state index contributed by atoms with van der Waals surface area (Å²) in [6.07, 6.45) is 11.7. The van der Waals surface area contributed by atoms with E-state index in [9.17, 15) is 4.79 Å². The van der Waals surface area contributed by atoms with E-state index in [4.69, 9.17) is 0 Å². The van der Waals surface area contributed by atoms with Crippen molar-refractivity contribution in [2.24, 2.45) is 11.3 Å². The van der Waals surface area contributed by atoms with Crippen molar-refractivity contribution in [3.05, 3.63) is 0 Å². The molecule has 3 fully saturated rings. The molecule has 3 aliphatic rings. The largest absolute Gasteiger partial charge is 0.342 e. The Kier molecular flexibility index (Phi) is 5.96. The standard InChI is InChI=1S/C17H30N2O.ClH/c1-14-13-15(5-10-18-14)16(20)19-11-8-17(9-12-19)6-3-2-4-7-17;/h14-15,18H,2-13H2,1H3;1H/t14-,15-;/m0./s1. The third-order valence-electron chi connectivity index (χ3n) is 6.02. The van der Waals surface area contributed by atoms with Crippen molar-refractivity contribution >= 4 is 18.3 Å². The highest BCUT2D eigenvalue weighted by Crippen LogP contribution is 2.44. The summed E-state index contributed by atoms with van der Waals surface area (Å²) in [6, 6.07) is 0.507. The van der Waals surface area contributed by atoms with E-state index in [2.05, 4.69) is 17.1 Å². The van der Waals surface area contributed by atoms with Gasteiger partial charge in [0.25, 0.3) is 0 Å². The first-order chi connectivity index (χ1) is 9.69. The Morgan fingerprint density at radius 1 is 1.10 bits per heavy atom. The zero-order valence-electron chi connectivity index (χ0n) is 13.4. The maximum absolute atomic E-state index is 12.7. The maximum atomic E-state index is 12.7. The predicted molar refractivity (Wildman–Crippen MR) is 88.8 cm³/mol. The lowest BCUT2D eigenvalue weighted by Gasteiger charge is -2.45. The molecule has 0 aromatic heterocycles. The van der Waals surface area contributed by atoms with Crippen molar-refractivity contribution in [3.63, 3.8) is 0 Å². The van der Waals surface area contributed by atoms with Crippen LogP contribution in [0.1, 0.15) is 64.7 Å². The highest BCUT2D eigenvalue weighted by atomic mass is 35.5. The van der Waals surface area contributed by atoms with Crippen LogP contribution in [0.15, 0.2) is 0 Å². The molecule has 0 bridgehead atoms. The van der Waals surface area contributed by atoms with Gasteiger partial charge in [-0.15, -0.1) is 12.4 Å². The Hall–Kier alpha value is -0.280. The normalized spacial score (nSPS) is 32.5. The SMILES string of the molecule is C[C@H]1C[C@@H](C(=O)N2CCC3(CCCCC3)CC2)CCN1.Cl. The summed E-state index contributed by atoms with van der Waals surface area (Å²) in [5.41, 5.74) is 0.608. The van der Waals surface area contributed by atoms with Crippen molar-refractivity contribution < 1.29 is 4.79 Å². The Morgan fingerprint density at radius 2 is 1.76 bits per heavy atom. The van der Waals surface area contributed by atoms with Crippen LogP contribution >= 0.6 is 12.4 Å². The molecule has 21 heavy (non-hydrogen) atoms. The van der Waals surface area contributed by atoms with Crippen LogP contribution in [-0.4, -0.2) is 36.5 Å². The van der Waals surface area contributed by atoms with Gasteiger partial charge < -0.3 is 10.2 Å². The smallest absolute Gasteiger partial charge is 0.225 e. The summed E-state index contributed by atoms with van der Waals surface area (Å²) in [7, 11) is 0. The van der Waals surface area contributed by atoms with E-state index in [-0.39, 0.29) is 18.3 Å². The fourth-order valence-corrected chi connectivity index (χ4v) is 4.62. The van der Waals surface area contributed by atoms with Crippen molar-refractivity contribution in [2.75, 3.05) is 19.6 Å². The number of piperidine rings is 2. The Morgan fingerprint density at radius 3 is 2.38 bits per heavy atom. The Balaban J connectivity index is 0.00000161. The van der Waals surface area contributed by atoms with E-state index in [1.54, 1.807) is 0 Å². The fourth-order valence-electron chi connectivity index (χ4n) is 4.62. The van der Waals surface area contributed by atoms with Gasteiger partial charge in [0.15, 0.2) is 0 Å². The minimum absolute atomic E-state index is 0. The van der Waals surface area contributed by atoms with Crippen LogP contribution in [0.3, 0.4) is 0 Å². The lowest BCUT2D eigenvalue weighted by molar-refractivity contribution is -0.139. The van der Waals surface area contributed by atoms with Crippen LogP contribution in [0.5, 0.6) is 0 Å². The average molecular weight is 315 g/mol. The number of carbonyl (C=O) groups excluding carboxylic acids is 1. The number of nitrogens with one attached hydrogen (secondary N) is 1. The van der Waals surface area contributed by atoms with E-state index in [0.717, 1.165) is 32.5 Å². The molecule has 122 valence electrons. The second-order valence-corrected chi connectivity index (χ2v) is 7.46. The van der Waals surface area contributed by atoms with Gasteiger partial charge in [0, 0.05) is 25.0 Å². The first kappa shape index (κ1) is 17.1. The Bertz CT molecular complexity index is 345. The summed E-state index contributed by atoms with van der Waals surface area (Å²) >= 11 is 0. The Labute approximate surface area is 135 Å². The van der Waals surface area contributed by atoms with Gasteiger partial charge in [-0.25, -0.2) is 0 Å². The molecular formula is C17H31ClN2O. The summed E-state index contributed by atoms with van der Waals surface area (Å²) < 4.78 is 0. The molecule has 2 atom stereocenters. The molecule has 2 heterocycles. The van der Waals surface area contributed by atoms with Crippen LogP contribution < -0.4 is 5.32 Å². The van der Waals surface area contributed by atoms with Gasteiger partial charge in [-0.2, -0.15) is 0 Å². The topological polar surface area (TPSA) is 32.3 Å². The third-order valence-corrected chi connectivity index (χ3v) is 6.02. The molecule has 4 heteroatoms. The molecule has 3 rings (SSSR count). The zero-order chi connectivity index (χ0) is 14.0. The number of amides is 1. The second-order valence-electron chi connectivity index (χ2n) is 7.46. The number of likely N-dealkylation sites (tertiary alicyclic amines) is 1. The lowest BCUT2D eigenvalue weighted by Crippen LogP contribution is -2.48. The molecule has 0 radical (unpaired) electrons. The molecule has 1 amide bonds. The van der Waals surface area contributed by atoms with Crippen molar-refractivity contribution in [2.45, 2.75) is 70.8 Å². The molecule has 3 nitrogen and oxygen atoms in total. The highest BCUT2D eigenvalue weighted by Gasteiger charge is 2.38. The first-order valence-electron chi connectivity index (χ1n) is 8.71. The van der Waals surface area contributed by atoms with Gasteiger partial charge in [0.2, 0.25) is 5.91 Å². The van der Waals surface area contributed by atoms with E-state index >= 15 is 0 Å². The number of rotatable bonds is 1. The number of carbonyl (C=O) groups is 1. The van der Waals surface area contributed by atoms with Gasteiger partial charge in [0.05, 0.1) is 0 Å². The molecule has 1 spiro atoms. The summed E-state index contributed by atoms with van der Waals surface area (Å²) in [5, 5.41) is 3.45. The van der Waals surface area contributed by atoms with Gasteiger partial charge in [0.1, 0.15) is 0 Å². The molecule has 2 aliphatic heterocycles. The monoisotopic (exact) mass is 314 g/mol. The van der Waals surface area contributed by atoms with Gasteiger partial charge >= 0.3 is 0 Å². The molecule has 1 saturated carbocycles. The van der Waals surface area contributed by atoms with Gasteiger partial charge in [-0.05, 0) is 57.4 Å². The average Bonchev–Trinajstić information content (AvgIpc) is 2.48. The summed E-state index contributed by atoms with van der Waals surface area (Å²) in [4.78, 5) is 14.9. The third kappa shape index (κ3) is 3.92. The molecule has 0 unspecified atom stereocenters. The zero-order valence-corrected chi connectivity index (χ0v) is 14.2. The number of nitrogens with zero attached hydrogens (tertiary/aromatic N) is 1. The van der Waals surface area contributed by atoms with Crippen molar-refractivity contribution in [1.29, 1.82) is 0 Å². The predicted octanol–water partition coefficient (Wildman–Crippen LogP) is 3.37. The molecule has 0 aromatic rings. The number of halogens is 1. The minimum atomic E-state index is 0. The first-order valence-corrected chi connectivity index (χ1v) is 8.71. The van der Waals surface area contributed by atoms with Crippen LogP contribution in [-0.2, 0) is 4.79 Å². The molecule has 0 aromatic carbocycles. The number of hydrogen-bond donors (Lipinski definition) is 1. The van der Waals surface area contributed by atoms with Crippen LogP contribution in [0, 0.1) is 11.3 Å². The van der Waals surface area contributed by atoms with Crippen molar-refractivity contribution in [1.82, 2.24) is 10.2 Å². The van der Waals surface area contributed by atoms with E-state index in [0.29, 0.717) is 17.4 Å². The maximum Gasteiger partial charge on any atom is 0.225 e. The minimum Gasteiger partial charge on any atom is -0.342 e. The highest BCUT2D eigenvalue weighted by molar-refractivity contribution is 5.85. The van der Waals surface area contributed by atoms with Crippen LogP contribution in [0.4, 0.5) is 0 Å². The molecule has 2 saturated heterocycles. The van der Waals surface area contributed by atoms with Crippen LogP contribution in [0.25, 0.3) is 0 Å². The summed E-state index contributed by atoms with van der Waals surface area (Å²) in [5.74, 6) is 0.732. The number of hydrogen-bond acceptors (Lipinski definition) is 2. The lowest BCUT2D eigenvalue weighted by atomic mass is 9.68. The van der Waals surface area contributed by atoms with E-state index < -0.39 is 0 Å². The van der Waals surface area contributed by atoms with Crippen molar-refractivity contribution in [3.8, 4) is 0 Å². The van der Waals surface area contributed by atoms with E-state index in [1.165, 1.54) is 44.9 Å². The molecular weight excluding hydrogens is 284 g/mol. The fraction of sp³-hybridized carbons (Fsp3) is 0.941. The van der Waals surface area contributed by atoms with Crippen LogP contribution in [0.2, 0.25) is 0 Å².